The highest BCUT2D eigenvalue weighted by Gasteiger charge is 2.14. The van der Waals surface area contributed by atoms with E-state index in [0.717, 1.165) is 11.0 Å². The van der Waals surface area contributed by atoms with Crippen LogP contribution in [0.5, 0.6) is 0 Å². The van der Waals surface area contributed by atoms with Crippen LogP contribution in [-0.2, 0) is 4.79 Å². The molecule has 2 heterocycles. The first-order chi connectivity index (χ1) is 8.02. The van der Waals surface area contributed by atoms with Gasteiger partial charge in [0.25, 0.3) is 0 Å². The number of nitrogens with one attached hydrogen (secondary N) is 1. The van der Waals surface area contributed by atoms with E-state index in [2.05, 4.69) is 15.2 Å². The first kappa shape index (κ1) is 13.1. The second-order valence-electron chi connectivity index (χ2n) is 3.91. The molecule has 4 N–H and O–H groups in total. The lowest BCUT2D eigenvalue weighted by atomic mass is 10.1. The fourth-order valence-electron chi connectivity index (χ4n) is 1.06. The number of carbonyl (C=O) groups is 1. The Morgan fingerprint density at radius 2 is 2.24 bits per heavy atom. The Hall–Kier alpha value is -1.95. The van der Waals surface area contributed by atoms with Crippen molar-refractivity contribution >= 4 is 17.0 Å². The summed E-state index contributed by atoms with van der Waals surface area (Å²) in [7, 11) is 0. The number of rotatable bonds is 2. The quantitative estimate of drug-likeness (QED) is 0.721. The zero-order chi connectivity index (χ0) is 12.8. The lowest BCUT2D eigenvalue weighted by Crippen LogP contribution is -2.34. The number of nitrogens with two attached hydrogens (primary N) is 1. The first-order valence-electron chi connectivity index (χ1n) is 5.25. The molecule has 0 aromatic carbocycles. The molecule has 0 fully saturated rings. The van der Waals surface area contributed by atoms with Crippen LogP contribution < -0.4 is 5.73 Å². The van der Waals surface area contributed by atoms with Crippen LogP contribution in [0.3, 0.4) is 0 Å². The molecule has 6 heteroatoms. The monoisotopic (exact) mass is 236 g/mol. The van der Waals surface area contributed by atoms with Crippen LogP contribution in [0.25, 0.3) is 11.0 Å². The van der Waals surface area contributed by atoms with Crippen LogP contribution in [0.1, 0.15) is 13.8 Å². The highest BCUT2D eigenvalue weighted by molar-refractivity contribution is 5.73. The van der Waals surface area contributed by atoms with Gasteiger partial charge in [-0.25, -0.2) is 0 Å². The number of fused-ring (bicyclic) bond motifs is 1. The summed E-state index contributed by atoms with van der Waals surface area (Å²) in [6.45, 7) is 3.55. The number of carboxylic acid groups (broad SMARTS) is 1. The minimum absolute atomic E-state index is 0.0208. The maximum atomic E-state index is 10.0. The standard InChI is InChI=1S/C6H5N3.C5H11NO2/c1-2-5-6(7-3-1)4-8-9-5;1-3(2)4(6)5(7)8/h1-4H,(H,8,9);3-4H,6H2,1-2H3,(H,7,8)/t;4-/m.0/s1. The predicted octanol–water partition coefficient (Wildman–Crippen LogP) is 1.01. The molecule has 1 atom stereocenters. The number of hydrogen-bond acceptors (Lipinski definition) is 4. The first-order valence-corrected chi connectivity index (χ1v) is 5.25. The van der Waals surface area contributed by atoms with Crippen molar-refractivity contribution in [2.75, 3.05) is 0 Å². The van der Waals surface area contributed by atoms with Gasteiger partial charge in [-0.1, -0.05) is 13.8 Å². The van der Waals surface area contributed by atoms with Gasteiger partial charge >= 0.3 is 5.97 Å². The van der Waals surface area contributed by atoms with Gasteiger partial charge in [-0.05, 0) is 18.1 Å². The van der Waals surface area contributed by atoms with Crippen molar-refractivity contribution in [3.63, 3.8) is 0 Å². The SMILES string of the molecule is CC(C)[C@H](N)C(=O)O.c1cnc2cn[nH]c2c1. The lowest BCUT2D eigenvalue weighted by molar-refractivity contribution is -0.139. The molecule has 2 aromatic rings. The van der Waals surface area contributed by atoms with Gasteiger partial charge in [-0.15, -0.1) is 0 Å². The van der Waals surface area contributed by atoms with Gasteiger partial charge in [0, 0.05) is 6.20 Å². The summed E-state index contributed by atoms with van der Waals surface area (Å²) in [6, 6.07) is 3.10. The van der Waals surface area contributed by atoms with Crippen molar-refractivity contribution in [1.82, 2.24) is 15.2 Å². The number of aromatic amines is 1. The normalized spacial score (nSPS) is 12.0. The van der Waals surface area contributed by atoms with E-state index in [1.165, 1.54) is 0 Å². The highest BCUT2D eigenvalue weighted by Crippen LogP contribution is 2.03. The topological polar surface area (TPSA) is 105 Å². The molecule has 0 bridgehead atoms. The van der Waals surface area contributed by atoms with Crippen LogP contribution in [0.4, 0.5) is 0 Å². The number of aromatic nitrogens is 3. The van der Waals surface area contributed by atoms with Crippen molar-refractivity contribution in [2.24, 2.45) is 11.7 Å². The fourth-order valence-corrected chi connectivity index (χ4v) is 1.06. The number of hydrogen-bond donors (Lipinski definition) is 3. The van der Waals surface area contributed by atoms with Crippen molar-refractivity contribution in [3.8, 4) is 0 Å². The van der Waals surface area contributed by atoms with Crippen molar-refractivity contribution in [2.45, 2.75) is 19.9 Å². The van der Waals surface area contributed by atoms with E-state index < -0.39 is 12.0 Å². The molecule has 2 rings (SSSR count). The molecular weight excluding hydrogens is 220 g/mol. The minimum Gasteiger partial charge on any atom is -0.480 e. The van der Waals surface area contributed by atoms with E-state index >= 15 is 0 Å². The smallest absolute Gasteiger partial charge is 0.320 e. The Morgan fingerprint density at radius 1 is 1.53 bits per heavy atom. The summed E-state index contributed by atoms with van der Waals surface area (Å²) in [5, 5.41) is 14.8. The molecule has 92 valence electrons. The average molecular weight is 236 g/mol. The minimum atomic E-state index is -0.931. The van der Waals surface area contributed by atoms with E-state index in [1.54, 1.807) is 26.2 Å². The van der Waals surface area contributed by atoms with E-state index in [1.807, 2.05) is 12.1 Å². The van der Waals surface area contributed by atoms with Gasteiger partial charge in [-0.3, -0.25) is 14.9 Å². The van der Waals surface area contributed by atoms with Gasteiger partial charge in [0.1, 0.15) is 11.6 Å². The summed E-state index contributed by atoms with van der Waals surface area (Å²) in [6.07, 6.45) is 3.45. The maximum absolute atomic E-state index is 10.0. The molecule has 0 saturated heterocycles. The Morgan fingerprint density at radius 3 is 2.71 bits per heavy atom. The molecule has 0 aliphatic carbocycles. The Balaban J connectivity index is 0.000000172. The van der Waals surface area contributed by atoms with Crippen LogP contribution in [-0.4, -0.2) is 32.3 Å². The average Bonchev–Trinajstić information content (AvgIpc) is 2.76. The Labute approximate surface area is 98.9 Å². The molecule has 0 aliphatic rings. The molecule has 0 unspecified atom stereocenters. The highest BCUT2D eigenvalue weighted by atomic mass is 16.4. The van der Waals surface area contributed by atoms with Crippen molar-refractivity contribution < 1.29 is 9.90 Å². The number of nitrogens with zero attached hydrogens (tertiary/aromatic N) is 2. The zero-order valence-corrected chi connectivity index (χ0v) is 9.79. The number of aliphatic carboxylic acids is 1. The summed E-state index contributed by atoms with van der Waals surface area (Å²) in [5.74, 6) is -0.910. The lowest BCUT2D eigenvalue weighted by Gasteiger charge is -2.07. The Kier molecular flexibility index (Phi) is 4.59. The summed E-state index contributed by atoms with van der Waals surface area (Å²) in [4.78, 5) is 14.1. The van der Waals surface area contributed by atoms with E-state index in [0.29, 0.717) is 0 Å². The van der Waals surface area contributed by atoms with Crippen molar-refractivity contribution in [1.29, 1.82) is 0 Å². The second-order valence-corrected chi connectivity index (χ2v) is 3.91. The zero-order valence-electron chi connectivity index (χ0n) is 9.79. The molecule has 17 heavy (non-hydrogen) atoms. The van der Waals surface area contributed by atoms with Gasteiger partial charge in [0.05, 0.1) is 11.7 Å². The molecule has 6 nitrogen and oxygen atoms in total. The van der Waals surface area contributed by atoms with Gasteiger partial charge in [-0.2, -0.15) is 5.10 Å². The van der Waals surface area contributed by atoms with E-state index in [9.17, 15) is 4.79 Å². The molecule has 0 radical (unpaired) electrons. The van der Waals surface area contributed by atoms with Crippen LogP contribution in [0.2, 0.25) is 0 Å². The number of carboxylic acids is 1. The molecule has 0 saturated carbocycles. The number of pyridine rings is 1. The second kappa shape index (κ2) is 5.95. The maximum Gasteiger partial charge on any atom is 0.320 e. The molecule has 0 spiro atoms. The fraction of sp³-hybridized carbons (Fsp3) is 0.364. The van der Waals surface area contributed by atoms with Gasteiger partial charge < -0.3 is 10.8 Å². The van der Waals surface area contributed by atoms with Gasteiger partial charge in [0.15, 0.2) is 0 Å². The predicted molar refractivity (Wildman–Crippen MR) is 64.3 cm³/mol. The largest absolute Gasteiger partial charge is 0.480 e. The molecule has 0 aliphatic heterocycles. The summed E-state index contributed by atoms with van der Waals surface area (Å²) >= 11 is 0. The molecule has 2 aromatic heterocycles. The third kappa shape index (κ3) is 3.84. The number of H-pyrrole nitrogens is 1. The summed E-state index contributed by atoms with van der Waals surface area (Å²) in [5.41, 5.74) is 7.06. The van der Waals surface area contributed by atoms with E-state index in [4.69, 9.17) is 10.8 Å². The van der Waals surface area contributed by atoms with E-state index in [-0.39, 0.29) is 5.92 Å². The Bertz CT molecular complexity index is 451. The van der Waals surface area contributed by atoms with Crippen LogP contribution in [0.15, 0.2) is 24.5 Å². The molecule has 0 amide bonds. The van der Waals surface area contributed by atoms with Crippen molar-refractivity contribution in [3.05, 3.63) is 24.5 Å². The summed E-state index contributed by atoms with van der Waals surface area (Å²) < 4.78 is 0. The third-order valence-electron chi connectivity index (χ3n) is 2.21. The molecular formula is C11H16N4O2. The third-order valence-corrected chi connectivity index (χ3v) is 2.21. The van der Waals surface area contributed by atoms with Crippen LogP contribution in [0, 0.1) is 5.92 Å². The van der Waals surface area contributed by atoms with Crippen LogP contribution >= 0.6 is 0 Å². The van der Waals surface area contributed by atoms with Gasteiger partial charge in [0.2, 0.25) is 0 Å².